The van der Waals surface area contributed by atoms with Crippen LogP contribution in [0.3, 0.4) is 0 Å². The number of nitrogens with two attached hydrogens (primary N) is 1. The lowest BCUT2D eigenvalue weighted by Gasteiger charge is -2.07. The first-order valence-corrected chi connectivity index (χ1v) is 8.20. The Labute approximate surface area is 154 Å². The molecule has 8 heteroatoms. The third-order valence-corrected chi connectivity index (χ3v) is 4.04. The van der Waals surface area contributed by atoms with Crippen molar-refractivity contribution in [1.82, 2.24) is 10.2 Å². The second-order valence-corrected chi connectivity index (χ2v) is 6.08. The molecule has 1 aromatic heterocycles. The molecule has 0 aliphatic carbocycles. The quantitative estimate of drug-likeness (QED) is 0.650. The summed E-state index contributed by atoms with van der Waals surface area (Å²) >= 11 is 11.9. The molecule has 6 nitrogen and oxygen atoms in total. The van der Waals surface area contributed by atoms with Crippen molar-refractivity contribution in [2.45, 2.75) is 12.8 Å². The van der Waals surface area contributed by atoms with Crippen LogP contribution in [-0.4, -0.2) is 16.1 Å². The Balaban J connectivity index is 1.59. The van der Waals surface area contributed by atoms with E-state index in [-0.39, 0.29) is 28.1 Å². The minimum absolute atomic E-state index is 0.177. The van der Waals surface area contributed by atoms with Gasteiger partial charge in [0.1, 0.15) is 0 Å². The van der Waals surface area contributed by atoms with Crippen molar-refractivity contribution in [1.29, 1.82) is 0 Å². The number of aryl methyl sites for hydroxylation is 1. The first kappa shape index (κ1) is 17.3. The highest BCUT2D eigenvalue weighted by atomic mass is 35.5. The normalized spacial score (nSPS) is 10.6. The lowest BCUT2D eigenvalue weighted by molar-refractivity contribution is -0.116. The molecule has 3 aromatic rings. The number of nitrogens with one attached hydrogen (secondary N) is 1. The number of rotatable bonds is 5. The predicted molar refractivity (Wildman–Crippen MR) is 97.6 cm³/mol. The number of amides is 1. The molecular weight excluding hydrogens is 363 g/mol. The van der Waals surface area contributed by atoms with Gasteiger partial charge in [-0.2, -0.15) is 0 Å². The Hall–Kier alpha value is -2.57. The van der Waals surface area contributed by atoms with Crippen LogP contribution in [0.15, 0.2) is 46.9 Å². The van der Waals surface area contributed by atoms with E-state index in [1.54, 1.807) is 12.1 Å². The van der Waals surface area contributed by atoms with Gasteiger partial charge in [-0.15, -0.1) is 10.2 Å². The highest BCUT2D eigenvalue weighted by Gasteiger charge is 2.12. The van der Waals surface area contributed by atoms with Crippen molar-refractivity contribution in [3.8, 4) is 11.5 Å². The summed E-state index contributed by atoms with van der Waals surface area (Å²) in [6, 6.07) is 12.5. The van der Waals surface area contributed by atoms with E-state index in [2.05, 4.69) is 15.5 Å². The van der Waals surface area contributed by atoms with Gasteiger partial charge in [-0.25, -0.2) is 0 Å². The molecule has 0 spiro atoms. The zero-order chi connectivity index (χ0) is 17.8. The van der Waals surface area contributed by atoms with Gasteiger partial charge in [-0.05, 0) is 24.3 Å². The van der Waals surface area contributed by atoms with Crippen molar-refractivity contribution in [2.75, 3.05) is 11.1 Å². The molecule has 3 rings (SSSR count). The maximum Gasteiger partial charge on any atom is 0.247 e. The molecule has 1 amide bonds. The SMILES string of the molecule is Nc1c(Cl)cc(NC(=O)CCc2nnc(-c3ccccc3)o2)cc1Cl. The van der Waals surface area contributed by atoms with E-state index in [1.165, 1.54) is 0 Å². The van der Waals surface area contributed by atoms with E-state index in [1.807, 2.05) is 30.3 Å². The summed E-state index contributed by atoms with van der Waals surface area (Å²) in [7, 11) is 0. The summed E-state index contributed by atoms with van der Waals surface area (Å²) in [5, 5.41) is 11.2. The van der Waals surface area contributed by atoms with Crippen molar-refractivity contribution >= 4 is 40.5 Å². The highest BCUT2D eigenvalue weighted by Crippen LogP contribution is 2.31. The summed E-state index contributed by atoms with van der Waals surface area (Å²) < 4.78 is 5.56. The largest absolute Gasteiger partial charge is 0.421 e. The van der Waals surface area contributed by atoms with Crippen LogP contribution in [0.2, 0.25) is 10.0 Å². The molecular formula is C17H14Cl2N4O2. The number of nitrogen functional groups attached to an aromatic ring is 1. The summed E-state index contributed by atoms with van der Waals surface area (Å²) in [6.07, 6.45) is 0.498. The number of carbonyl (C=O) groups excluding carboxylic acids is 1. The molecule has 0 saturated heterocycles. The van der Waals surface area contributed by atoms with Crippen LogP contribution < -0.4 is 11.1 Å². The zero-order valence-electron chi connectivity index (χ0n) is 13.0. The van der Waals surface area contributed by atoms with Gasteiger partial charge in [-0.3, -0.25) is 4.79 Å². The van der Waals surface area contributed by atoms with E-state index >= 15 is 0 Å². The van der Waals surface area contributed by atoms with Gasteiger partial charge in [0, 0.05) is 24.1 Å². The lowest BCUT2D eigenvalue weighted by atomic mass is 10.2. The van der Waals surface area contributed by atoms with E-state index in [9.17, 15) is 4.79 Å². The fourth-order valence-corrected chi connectivity index (χ4v) is 2.64. The van der Waals surface area contributed by atoms with Crippen molar-refractivity contribution in [3.05, 3.63) is 58.4 Å². The average molecular weight is 377 g/mol. The number of hydrogen-bond acceptors (Lipinski definition) is 5. The Morgan fingerprint density at radius 2 is 1.80 bits per heavy atom. The average Bonchev–Trinajstić information content (AvgIpc) is 3.08. The third kappa shape index (κ3) is 4.29. The minimum atomic E-state index is -0.226. The highest BCUT2D eigenvalue weighted by molar-refractivity contribution is 6.39. The fraction of sp³-hybridized carbons (Fsp3) is 0.118. The Morgan fingerprint density at radius 3 is 2.48 bits per heavy atom. The molecule has 0 atom stereocenters. The first-order chi connectivity index (χ1) is 12.0. The third-order valence-electron chi connectivity index (χ3n) is 3.42. The predicted octanol–water partition coefficient (Wildman–Crippen LogP) is 4.20. The smallest absolute Gasteiger partial charge is 0.247 e. The molecule has 0 radical (unpaired) electrons. The van der Waals surface area contributed by atoms with E-state index < -0.39 is 0 Å². The van der Waals surface area contributed by atoms with Crippen LogP contribution in [0, 0.1) is 0 Å². The van der Waals surface area contributed by atoms with Gasteiger partial charge < -0.3 is 15.5 Å². The second-order valence-electron chi connectivity index (χ2n) is 5.27. The van der Waals surface area contributed by atoms with Crippen LogP contribution in [0.1, 0.15) is 12.3 Å². The number of halogens is 2. The summed E-state index contributed by atoms with van der Waals surface area (Å²) in [5.41, 5.74) is 7.25. The van der Waals surface area contributed by atoms with E-state index in [0.29, 0.717) is 23.9 Å². The lowest BCUT2D eigenvalue weighted by Crippen LogP contribution is -2.12. The Morgan fingerprint density at radius 1 is 1.12 bits per heavy atom. The van der Waals surface area contributed by atoms with Gasteiger partial charge in [0.05, 0.1) is 15.7 Å². The number of carbonyl (C=O) groups is 1. The monoisotopic (exact) mass is 376 g/mol. The molecule has 2 aromatic carbocycles. The van der Waals surface area contributed by atoms with Crippen molar-refractivity contribution in [3.63, 3.8) is 0 Å². The number of hydrogen-bond donors (Lipinski definition) is 2. The number of benzene rings is 2. The molecule has 0 bridgehead atoms. The van der Waals surface area contributed by atoms with Gasteiger partial charge in [-0.1, -0.05) is 41.4 Å². The summed E-state index contributed by atoms with van der Waals surface area (Å²) in [4.78, 5) is 12.1. The summed E-state index contributed by atoms with van der Waals surface area (Å²) in [5.74, 6) is 0.590. The Bertz CT molecular complexity index is 874. The van der Waals surface area contributed by atoms with Crippen LogP contribution in [-0.2, 0) is 11.2 Å². The topological polar surface area (TPSA) is 94.0 Å². The van der Waals surface area contributed by atoms with Crippen LogP contribution >= 0.6 is 23.2 Å². The van der Waals surface area contributed by atoms with Crippen molar-refractivity contribution in [2.24, 2.45) is 0 Å². The maximum absolute atomic E-state index is 12.1. The van der Waals surface area contributed by atoms with Gasteiger partial charge in [0.25, 0.3) is 0 Å². The molecule has 3 N–H and O–H groups in total. The number of nitrogens with zero attached hydrogens (tertiary/aromatic N) is 2. The van der Waals surface area contributed by atoms with Crippen LogP contribution in [0.25, 0.3) is 11.5 Å². The molecule has 128 valence electrons. The first-order valence-electron chi connectivity index (χ1n) is 7.45. The van der Waals surface area contributed by atoms with Gasteiger partial charge in [0.15, 0.2) is 0 Å². The summed E-state index contributed by atoms with van der Waals surface area (Å²) in [6.45, 7) is 0. The maximum atomic E-state index is 12.1. The molecule has 1 heterocycles. The molecule has 0 aliphatic heterocycles. The second kappa shape index (κ2) is 7.55. The number of anilines is 2. The molecule has 0 aliphatic rings. The fourth-order valence-electron chi connectivity index (χ4n) is 2.15. The molecule has 0 fully saturated rings. The zero-order valence-corrected chi connectivity index (χ0v) is 14.5. The standard InChI is InChI=1S/C17H14Cl2N4O2/c18-12-8-11(9-13(19)16(12)20)21-14(24)6-7-15-22-23-17(25-15)10-4-2-1-3-5-10/h1-5,8-9H,6-7,20H2,(H,21,24). The molecule has 25 heavy (non-hydrogen) atoms. The van der Waals surface area contributed by atoms with E-state index in [0.717, 1.165) is 5.56 Å². The molecule has 0 unspecified atom stereocenters. The number of aromatic nitrogens is 2. The van der Waals surface area contributed by atoms with Gasteiger partial charge in [0.2, 0.25) is 17.7 Å². The van der Waals surface area contributed by atoms with E-state index in [4.69, 9.17) is 33.4 Å². The van der Waals surface area contributed by atoms with Crippen molar-refractivity contribution < 1.29 is 9.21 Å². The molecule has 0 saturated carbocycles. The Kier molecular flexibility index (Phi) is 5.21. The minimum Gasteiger partial charge on any atom is -0.421 e. The van der Waals surface area contributed by atoms with Gasteiger partial charge >= 0.3 is 0 Å². The van der Waals surface area contributed by atoms with Crippen LogP contribution in [0.4, 0.5) is 11.4 Å². The van der Waals surface area contributed by atoms with Crippen LogP contribution in [0.5, 0.6) is 0 Å².